The number of hydrogen-bond acceptors (Lipinski definition) is 3. The summed E-state index contributed by atoms with van der Waals surface area (Å²) in [5, 5.41) is 3.27. The Kier molecular flexibility index (Phi) is 5.20. The minimum Gasteiger partial charge on any atom is -0.489 e. The van der Waals surface area contributed by atoms with E-state index in [9.17, 15) is 0 Å². The van der Waals surface area contributed by atoms with Crippen LogP contribution in [0.25, 0.3) is 0 Å². The number of pyridine rings is 1. The van der Waals surface area contributed by atoms with Crippen molar-refractivity contribution in [2.45, 2.75) is 52.7 Å². The summed E-state index contributed by atoms with van der Waals surface area (Å²) in [6, 6.07) is 4.09. The lowest BCUT2D eigenvalue weighted by atomic mass is 9.82. The Morgan fingerprint density at radius 2 is 1.95 bits per heavy atom. The predicted molar refractivity (Wildman–Crippen MR) is 78.2 cm³/mol. The lowest BCUT2D eigenvalue weighted by Crippen LogP contribution is -2.28. The molecule has 1 fully saturated rings. The number of nitrogens with one attached hydrogen (secondary N) is 1. The average Bonchev–Trinajstić information content (AvgIpc) is 2.37. The lowest BCUT2D eigenvalue weighted by Gasteiger charge is -2.31. The van der Waals surface area contributed by atoms with E-state index in [4.69, 9.17) is 4.74 Å². The van der Waals surface area contributed by atoms with Crippen LogP contribution in [0.1, 0.15) is 45.7 Å². The molecule has 1 aliphatic carbocycles. The standard InChI is InChI=1S/C16H26N2O/c1-4-17-10-14-5-6-15(11-18-14)19-16-8-12(2)7-13(3)9-16/h5-6,11-13,16-17H,4,7-10H2,1-3H3. The first kappa shape index (κ1) is 14.3. The summed E-state index contributed by atoms with van der Waals surface area (Å²) >= 11 is 0. The third-order valence-electron chi connectivity index (χ3n) is 3.79. The molecule has 2 rings (SSSR count). The summed E-state index contributed by atoms with van der Waals surface area (Å²) < 4.78 is 6.07. The summed E-state index contributed by atoms with van der Waals surface area (Å²) in [6.45, 7) is 8.54. The topological polar surface area (TPSA) is 34.1 Å². The highest BCUT2D eigenvalue weighted by Crippen LogP contribution is 2.31. The average molecular weight is 262 g/mol. The van der Waals surface area contributed by atoms with Gasteiger partial charge in [-0.2, -0.15) is 0 Å². The first-order valence-electron chi connectivity index (χ1n) is 7.49. The molecule has 1 aromatic heterocycles. The Labute approximate surface area is 116 Å². The molecule has 1 saturated carbocycles. The molecule has 1 heterocycles. The van der Waals surface area contributed by atoms with Gasteiger partial charge in [0.2, 0.25) is 0 Å². The van der Waals surface area contributed by atoms with Gasteiger partial charge in [-0.05, 0) is 49.8 Å². The second kappa shape index (κ2) is 6.90. The molecular weight excluding hydrogens is 236 g/mol. The molecule has 0 spiro atoms. The fraction of sp³-hybridized carbons (Fsp3) is 0.688. The maximum absolute atomic E-state index is 6.07. The molecule has 0 aliphatic heterocycles. The maximum Gasteiger partial charge on any atom is 0.138 e. The quantitative estimate of drug-likeness (QED) is 0.883. The third kappa shape index (κ3) is 4.50. The first-order valence-corrected chi connectivity index (χ1v) is 7.49. The van der Waals surface area contributed by atoms with Gasteiger partial charge in [0.1, 0.15) is 5.75 Å². The van der Waals surface area contributed by atoms with E-state index in [2.05, 4.69) is 31.1 Å². The van der Waals surface area contributed by atoms with E-state index in [0.29, 0.717) is 6.10 Å². The van der Waals surface area contributed by atoms with Crippen molar-refractivity contribution in [3.63, 3.8) is 0 Å². The smallest absolute Gasteiger partial charge is 0.138 e. The SMILES string of the molecule is CCNCc1ccc(OC2CC(C)CC(C)C2)cn1. The van der Waals surface area contributed by atoms with Crippen LogP contribution in [-0.2, 0) is 6.54 Å². The van der Waals surface area contributed by atoms with Gasteiger partial charge in [0.25, 0.3) is 0 Å². The molecule has 0 radical (unpaired) electrons. The molecular formula is C16H26N2O. The van der Waals surface area contributed by atoms with Crippen LogP contribution in [-0.4, -0.2) is 17.6 Å². The Hall–Kier alpha value is -1.09. The first-order chi connectivity index (χ1) is 9.17. The molecule has 3 nitrogen and oxygen atoms in total. The van der Waals surface area contributed by atoms with E-state index in [1.54, 1.807) is 0 Å². The highest BCUT2D eigenvalue weighted by atomic mass is 16.5. The molecule has 0 amide bonds. The molecule has 0 bridgehead atoms. The minimum atomic E-state index is 0.361. The van der Waals surface area contributed by atoms with Crippen LogP contribution in [0.15, 0.2) is 18.3 Å². The number of aromatic nitrogens is 1. The van der Waals surface area contributed by atoms with Gasteiger partial charge in [-0.3, -0.25) is 4.98 Å². The summed E-state index contributed by atoms with van der Waals surface area (Å²) in [5.41, 5.74) is 1.07. The molecule has 2 atom stereocenters. The van der Waals surface area contributed by atoms with E-state index in [0.717, 1.165) is 36.4 Å². The van der Waals surface area contributed by atoms with Crippen LogP contribution in [0.2, 0.25) is 0 Å². The molecule has 3 heteroatoms. The second-order valence-electron chi connectivity index (χ2n) is 5.92. The summed E-state index contributed by atoms with van der Waals surface area (Å²) in [7, 11) is 0. The number of nitrogens with zero attached hydrogens (tertiary/aromatic N) is 1. The van der Waals surface area contributed by atoms with Gasteiger partial charge in [-0.15, -0.1) is 0 Å². The van der Waals surface area contributed by atoms with E-state index >= 15 is 0 Å². The third-order valence-corrected chi connectivity index (χ3v) is 3.79. The zero-order chi connectivity index (χ0) is 13.7. The molecule has 1 N–H and O–H groups in total. The Bertz CT molecular complexity index is 367. The largest absolute Gasteiger partial charge is 0.489 e. The van der Waals surface area contributed by atoms with Crippen LogP contribution in [0, 0.1) is 11.8 Å². The number of ether oxygens (including phenoxy) is 1. The highest BCUT2D eigenvalue weighted by Gasteiger charge is 2.25. The van der Waals surface area contributed by atoms with Crippen LogP contribution in [0.5, 0.6) is 5.75 Å². The minimum absolute atomic E-state index is 0.361. The van der Waals surface area contributed by atoms with Crippen molar-refractivity contribution in [3.05, 3.63) is 24.0 Å². The molecule has 1 aliphatic rings. The number of rotatable bonds is 5. The van der Waals surface area contributed by atoms with Gasteiger partial charge in [0.05, 0.1) is 18.0 Å². The molecule has 106 valence electrons. The van der Waals surface area contributed by atoms with Gasteiger partial charge >= 0.3 is 0 Å². The van der Waals surface area contributed by atoms with Crippen LogP contribution in [0.4, 0.5) is 0 Å². The van der Waals surface area contributed by atoms with Crippen LogP contribution < -0.4 is 10.1 Å². The van der Waals surface area contributed by atoms with E-state index < -0.39 is 0 Å². The van der Waals surface area contributed by atoms with E-state index in [1.807, 2.05) is 18.3 Å². The van der Waals surface area contributed by atoms with E-state index in [1.165, 1.54) is 19.3 Å². The van der Waals surface area contributed by atoms with Crippen LogP contribution >= 0.6 is 0 Å². The maximum atomic E-state index is 6.07. The molecule has 1 aromatic rings. The summed E-state index contributed by atoms with van der Waals surface area (Å²) in [5.74, 6) is 2.45. The van der Waals surface area contributed by atoms with Gasteiger partial charge in [-0.25, -0.2) is 0 Å². The van der Waals surface area contributed by atoms with Crippen molar-refractivity contribution >= 4 is 0 Å². The predicted octanol–water partition coefficient (Wildman–Crippen LogP) is 3.39. The van der Waals surface area contributed by atoms with Crippen LogP contribution in [0.3, 0.4) is 0 Å². The lowest BCUT2D eigenvalue weighted by molar-refractivity contribution is 0.101. The Balaban J connectivity index is 1.88. The normalized spacial score (nSPS) is 27.2. The number of hydrogen-bond donors (Lipinski definition) is 1. The monoisotopic (exact) mass is 262 g/mol. The zero-order valence-electron chi connectivity index (χ0n) is 12.4. The van der Waals surface area contributed by atoms with Gasteiger partial charge < -0.3 is 10.1 Å². The zero-order valence-corrected chi connectivity index (χ0v) is 12.4. The van der Waals surface area contributed by atoms with Crippen molar-refractivity contribution in [2.24, 2.45) is 11.8 Å². The van der Waals surface area contributed by atoms with Gasteiger partial charge in [-0.1, -0.05) is 20.8 Å². The van der Waals surface area contributed by atoms with Crippen molar-refractivity contribution in [1.82, 2.24) is 10.3 Å². The molecule has 2 unspecified atom stereocenters. The summed E-state index contributed by atoms with van der Waals surface area (Å²) in [4.78, 5) is 4.43. The van der Waals surface area contributed by atoms with Gasteiger partial charge in [0, 0.05) is 6.54 Å². The Morgan fingerprint density at radius 3 is 2.53 bits per heavy atom. The van der Waals surface area contributed by atoms with Crippen molar-refractivity contribution in [2.75, 3.05) is 6.54 Å². The molecule has 19 heavy (non-hydrogen) atoms. The van der Waals surface area contributed by atoms with E-state index in [-0.39, 0.29) is 0 Å². The Morgan fingerprint density at radius 1 is 1.21 bits per heavy atom. The summed E-state index contributed by atoms with van der Waals surface area (Å²) in [6.07, 6.45) is 5.89. The van der Waals surface area contributed by atoms with Crippen molar-refractivity contribution in [3.8, 4) is 5.75 Å². The fourth-order valence-corrected chi connectivity index (χ4v) is 3.00. The second-order valence-corrected chi connectivity index (χ2v) is 5.92. The van der Waals surface area contributed by atoms with Crippen molar-refractivity contribution < 1.29 is 4.74 Å². The highest BCUT2D eigenvalue weighted by molar-refractivity contribution is 5.20. The molecule has 0 aromatic carbocycles. The molecule has 0 saturated heterocycles. The van der Waals surface area contributed by atoms with Gasteiger partial charge in [0.15, 0.2) is 0 Å². The fourth-order valence-electron chi connectivity index (χ4n) is 3.00. The van der Waals surface area contributed by atoms with Crippen molar-refractivity contribution in [1.29, 1.82) is 0 Å².